The Hall–Kier alpha value is -8.61. The second-order valence-corrected chi connectivity index (χ2v) is 21.7. The number of aryl methyl sites for hydroxylation is 4. The SMILES string of the molecule is CCCCc1cc(CCCC)cc(-c2nc(-c3cc(CCCC)cc(CCCC)c3)nc(-c3ccc(-n4c5ccccc5c5c6oc7ccccc7c6ccc54)c(-c4ccccc4-n4c5ccccc5c5ccccc54)c3)n2)c1. The monoisotopic (exact) mass is 1030 g/mol. The van der Waals surface area contributed by atoms with E-state index in [-0.39, 0.29) is 0 Å². The molecule has 0 aliphatic rings. The van der Waals surface area contributed by atoms with Crippen LogP contribution in [0.3, 0.4) is 0 Å². The highest BCUT2D eigenvalue weighted by molar-refractivity contribution is 6.24. The first kappa shape index (κ1) is 49.9. The molecule has 6 heteroatoms. The highest BCUT2D eigenvalue weighted by atomic mass is 16.3. The van der Waals surface area contributed by atoms with Gasteiger partial charge < -0.3 is 13.6 Å². The summed E-state index contributed by atoms with van der Waals surface area (Å²) in [5.41, 5.74) is 18.9. The van der Waals surface area contributed by atoms with E-state index in [2.05, 4.69) is 225 Å². The van der Waals surface area contributed by atoms with Crippen LogP contribution in [-0.4, -0.2) is 24.1 Å². The second kappa shape index (κ2) is 21.7. The van der Waals surface area contributed by atoms with Gasteiger partial charge in [-0.15, -0.1) is 0 Å². The number of rotatable bonds is 18. The Morgan fingerprint density at radius 3 is 1.34 bits per heavy atom. The quantitative estimate of drug-likeness (QED) is 0.0859. The van der Waals surface area contributed by atoms with Gasteiger partial charge in [-0.2, -0.15) is 0 Å². The van der Waals surface area contributed by atoms with Crippen LogP contribution < -0.4 is 0 Å². The molecule has 0 bridgehead atoms. The van der Waals surface area contributed by atoms with Crippen LogP contribution in [0.4, 0.5) is 0 Å². The van der Waals surface area contributed by atoms with E-state index in [4.69, 9.17) is 19.4 Å². The van der Waals surface area contributed by atoms with E-state index in [0.717, 1.165) is 171 Å². The molecule has 79 heavy (non-hydrogen) atoms. The molecule has 0 aliphatic carbocycles. The number of benzene rings is 9. The number of nitrogens with zero attached hydrogens (tertiary/aromatic N) is 5. The average Bonchev–Trinajstić information content (AvgIpc) is 4.26. The van der Waals surface area contributed by atoms with Crippen LogP contribution in [0.15, 0.2) is 192 Å². The molecule has 0 unspecified atom stereocenters. The third-order valence-corrected chi connectivity index (χ3v) is 16.2. The van der Waals surface area contributed by atoms with Crippen LogP contribution in [-0.2, 0) is 25.7 Å². The van der Waals surface area contributed by atoms with Crippen molar-refractivity contribution in [2.45, 2.75) is 105 Å². The standard InChI is InChI=1S/C73H67N5O/c1-5-9-23-48-41-49(24-10-6-2)44-53(43-48)72-74-71(75-73(76-72)54-45-50(25-11-7-3)42-51(46-54)26-12-8-4)52-37-39-66(78-65-35-21-16-31-60(65)69-67(78)40-38-59-58-30-17-22-36-68(58)79-70(59)69)61(47-52)57-29-15-20-34-64(57)77-62-32-18-13-27-55(62)56-28-14-19-33-63(56)77/h13-22,27-47H,5-12,23-26H2,1-4H3. The van der Waals surface area contributed by atoms with Crippen LogP contribution in [0.2, 0.25) is 0 Å². The number of unbranched alkanes of at least 4 members (excludes halogenated alkanes) is 4. The van der Waals surface area contributed by atoms with Crippen molar-refractivity contribution in [3.05, 3.63) is 210 Å². The smallest absolute Gasteiger partial charge is 0.164 e. The van der Waals surface area contributed by atoms with Crippen molar-refractivity contribution in [3.63, 3.8) is 0 Å². The Kier molecular flexibility index (Phi) is 13.7. The van der Waals surface area contributed by atoms with E-state index in [1.54, 1.807) is 0 Å². The van der Waals surface area contributed by atoms with E-state index in [1.807, 2.05) is 0 Å². The first-order valence-corrected chi connectivity index (χ1v) is 29.1. The Balaban J connectivity index is 1.10. The van der Waals surface area contributed by atoms with Crippen molar-refractivity contribution in [3.8, 4) is 56.7 Å². The summed E-state index contributed by atoms with van der Waals surface area (Å²) < 4.78 is 11.7. The van der Waals surface area contributed by atoms with E-state index < -0.39 is 0 Å². The van der Waals surface area contributed by atoms with Crippen molar-refractivity contribution in [1.29, 1.82) is 0 Å². The summed E-state index contributed by atoms with van der Waals surface area (Å²) in [4.78, 5) is 16.7. The van der Waals surface area contributed by atoms with Crippen molar-refractivity contribution >= 4 is 65.6 Å². The van der Waals surface area contributed by atoms with Gasteiger partial charge in [0.15, 0.2) is 17.5 Å². The molecule has 13 aromatic rings. The van der Waals surface area contributed by atoms with Crippen molar-refractivity contribution in [1.82, 2.24) is 24.1 Å². The maximum absolute atomic E-state index is 6.83. The van der Waals surface area contributed by atoms with E-state index in [1.165, 1.54) is 33.0 Å². The number of aromatic nitrogens is 5. The Morgan fingerprint density at radius 1 is 0.342 bits per heavy atom. The molecular weight excluding hydrogens is 963 g/mol. The Labute approximate surface area is 463 Å². The number of fused-ring (bicyclic) bond motifs is 10. The predicted octanol–water partition coefficient (Wildman–Crippen LogP) is 20.0. The summed E-state index contributed by atoms with van der Waals surface area (Å²) in [5.74, 6) is 2.06. The van der Waals surface area contributed by atoms with Gasteiger partial charge in [-0.3, -0.25) is 0 Å². The third kappa shape index (κ3) is 9.27. The minimum atomic E-state index is 0.650. The fourth-order valence-electron chi connectivity index (χ4n) is 12.3. The lowest BCUT2D eigenvalue weighted by atomic mass is 9.97. The van der Waals surface area contributed by atoms with Crippen LogP contribution in [0.25, 0.3) is 122 Å². The zero-order valence-electron chi connectivity index (χ0n) is 46.0. The van der Waals surface area contributed by atoms with Crippen molar-refractivity contribution in [2.75, 3.05) is 0 Å². The average molecular weight is 1030 g/mol. The van der Waals surface area contributed by atoms with Gasteiger partial charge in [0.2, 0.25) is 0 Å². The van der Waals surface area contributed by atoms with E-state index in [9.17, 15) is 0 Å². The molecule has 0 atom stereocenters. The summed E-state index contributed by atoms with van der Waals surface area (Å²) in [7, 11) is 0. The third-order valence-electron chi connectivity index (χ3n) is 16.2. The predicted molar refractivity (Wildman–Crippen MR) is 332 cm³/mol. The topological polar surface area (TPSA) is 61.7 Å². The molecule has 0 saturated carbocycles. The fraction of sp³-hybridized carbons (Fsp3) is 0.219. The summed E-state index contributed by atoms with van der Waals surface area (Å²) in [5, 5.41) is 6.91. The number of furan rings is 1. The molecule has 0 fully saturated rings. The minimum absolute atomic E-state index is 0.650. The lowest BCUT2D eigenvalue weighted by Gasteiger charge is -2.20. The van der Waals surface area contributed by atoms with Crippen LogP contribution in [0.5, 0.6) is 0 Å². The molecular formula is C73H67N5O. The summed E-state index contributed by atoms with van der Waals surface area (Å²) >= 11 is 0. The van der Waals surface area contributed by atoms with Gasteiger partial charge in [-0.25, -0.2) is 15.0 Å². The highest BCUT2D eigenvalue weighted by Crippen LogP contribution is 2.45. The molecule has 13 rings (SSSR count). The normalized spacial score (nSPS) is 11.9. The second-order valence-electron chi connectivity index (χ2n) is 21.7. The van der Waals surface area contributed by atoms with Gasteiger partial charge in [-0.05, 0) is 159 Å². The van der Waals surface area contributed by atoms with Crippen LogP contribution in [0.1, 0.15) is 101 Å². The molecule has 0 amide bonds. The summed E-state index contributed by atoms with van der Waals surface area (Å²) in [6, 6.07) is 69.3. The first-order chi connectivity index (χ1) is 39.0. The number of hydrogen-bond acceptors (Lipinski definition) is 4. The lowest BCUT2D eigenvalue weighted by molar-refractivity contribution is 0.673. The number of hydrogen-bond donors (Lipinski definition) is 0. The Morgan fingerprint density at radius 2 is 0.785 bits per heavy atom. The zero-order valence-corrected chi connectivity index (χ0v) is 46.0. The lowest BCUT2D eigenvalue weighted by Crippen LogP contribution is -2.04. The number of para-hydroxylation sites is 5. The molecule has 0 N–H and O–H groups in total. The maximum atomic E-state index is 6.83. The minimum Gasteiger partial charge on any atom is -0.455 e. The van der Waals surface area contributed by atoms with E-state index in [0.29, 0.717) is 17.5 Å². The van der Waals surface area contributed by atoms with Crippen LogP contribution in [0, 0.1) is 0 Å². The van der Waals surface area contributed by atoms with Gasteiger partial charge >= 0.3 is 0 Å². The summed E-state index contributed by atoms with van der Waals surface area (Å²) in [6.45, 7) is 9.10. The molecule has 0 radical (unpaired) electrons. The largest absolute Gasteiger partial charge is 0.455 e. The zero-order chi connectivity index (χ0) is 53.4. The van der Waals surface area contributed by atoms with Crippen LogP contribution >= 0.6 is 0 Å². The first-order valence-electron chi connectivity index (χ1n) is 29.1. The Bertz CT molecular complexity index is 4210. The van der Waals surface area contributed by atoms with E-state index >= 15 is 0 Å². The van der Waals surface area contributed by atoms with Gasteiger partial charge in [0.1, 0.15) is 11.2 Å². The fourth-order valence-corrected chi connectivity index (χ4v) is 12.3. The molecule has 6 nitrogen and oxygen atoms in total. The molecule has 0 spiro atoms. The van der Waals surface area contributed by atoms with Gasteiger partial charge in [0, 0.05) is 54.7 Å². The molecule has 4 heterocycles. The van der Waals surface area contributed by atoms with Gasteiger partial charge in [-0.1, -0.05) is 157 Å². The molecule has 0 saturated heterocycles. The van der Waals surface area contributed by atoms with Crippen molar-refractivity contribution < 1.29 is 4.42 Å². The molecule has 0 aliphatic heterocycles. The summed E-state index contributed by atoms with van der Waals surface area (Å²) in [6.07, 6.45) is 13.2. The van der Waals surface area contributed by atoms with Gasteiger partial charge in [0.25, 0.3) is 0 Å². The molecule has 4 aromatic heterocycles. The molecule has 390 valence electrons. The van der Waals surface area contributed by atoms with Crippen molar-refractivity contribution in [2.24, 2.45) is 0 Å². The highest BCUT2D eigenvalue weighted by Gasteiger charge is 2.24. The van der Waals surface area contributed by atoms with Gasteiger partial charge in [0.05, 0.1) is 38.8 Å². The maximum Gasteiger partial charge on any atom is 0.164 e. The molecule has 9 aromatic carbocycles.